The molecule has 0 aliphatic carbocycles. The first-order chi connectivity index (χ1) is 9.56. The van der Waals surface area contributed by atoms with Gasteiger partial charge in [-0.2, -0.15) is 0 Å². The highest BCUT2D eigenvalue weighted by molar-refractivity contribution is 9.11. The van der Waals surface area contributed by atoms with Crippen LogP contribution in [0.2, 0.25) is 0 Å². The van der Waals surface area contributed by atoms with Crippen molar-refractivity contribution in [2.24, 2.45) is 11.7 Å². The number of thiophene rings is 1. The zero-order valence-corrected chi connectivity index (χ0v) is 14.4. The van der Waals surface area contributed by atoms with Gasteiger partial charge in [-0.05, 0) is 66.6 Å². The Balaban J connectivity index is 1.68. The summed E-state index contributed by atoms with van der Waals surface area (Å²) in [5.41, 5.74) is 5.93. The molecule has 5 heteroatoms. The molecule has 2 heterocycles. The van der Waals surface area contributed by atoms with Crippen LogP contribution in [0.15, 0.2) is 15.9 Å². The molecule has 1 atom stereocenters. The number of carbonyl (C=O) groups excluding carboxylic acids is 1. The number of hydrogen-bond donors (Lipinski definition) is 1. The maximum Gasteiger partial charge on any atom is 0.222 e. The van der Waals surface area contributed by atoms with Gasteiger partial charge in [0.1, 0.15) is 0 Å². The van der Waals surface area contributed by atoms with E-state index in [4.69, 9.17) is 5.73 Å². The molecule has 20 heavy (non-hydrogen) atoms. The van der Waals surface area contributed by atoms with E-state index in [9.17, 15) is 4.79 Å². The largest absolute Gasteiger partial charge is 0.343 e. The van der Waals surface area contributed by atoms with E-state index in [1.165, 1.54) is 4.88 Å². The van der Waals surface area contributed by atoms with E-state index in [2.05, 4.69) is 35.0 Å². The summed E-state index contributed by atoms with van der Waals surface area (Å²) in [5.74, 6) is 0.895. The molecule has 0 bridgehead atoms. The maximum atomic E-state index is 12.2. The van der Waals surface area contributed by atoms with Gasteiger partial charge in [0.25, 0.3) is 0 Å². The minimum absolute atomic E-state index is 0.254. The average Bonchev–Trinajstić information content (AvgIpc) is 2.84. The smallest absolute Gasteiger partial charge is 0.222 e. The van der Waals surface area contributed by atoms with Gasteiger partial charge in [0.2, 0.25) is 5.91 Å². The first kappa shape index (κ1) is 16.0. The van der Waals surface area contributed by atoms with E-state index in [-0.39, 0.29) is 6.04 Å². The molecule has 0 aromatic carbocycles. The number of hydrogen-bond acceptors (Lipinski definition) is 3. The number of aryl methyl sites for hydroxylation is 1. The Labute approximate surface area is 133 Å². The fourth-order valence-electron chi connectivity index (χ4n) is 2.73. The van der Waals surface area contributed by atoms with Crippen LogP contribution in [-0.2, 0) is 11.2 Å². The summed E-state index contributed by atoms with van der Waals surface area (Å²) in [5, 5.41) is 0. The predicted octanol–water partition coefficient (Wildman–Crippen LogP) is 3.42. The van der Waals surface area contributed by atoms with Crippen molar-refractivity contribution >= 4 is 33.2 Å². The van der Waals surface area contributed by atoms with E-state index in [1.54, 1.807) is 11.3 Å². The topological polar surface area (TPSA) is 46.3 Å². The molecule has 1 unspecified atom stereocenters. The van der Waals surface area contributed by atoms with Crippen LogP contribution in [0.3, 0.4) is 0 Å². The zero-order chi connectivity index (χ0) is 14.5. The van der Waals surface area contributed by atoms with Crippen molar-refractivity contribution in [1.29, 1.82) is 0 Å². The maximum absolute atomic E-state index is 12.2. The Bertz CT molecular complexity index is 439. The van der Waals surface area contributed by atoms with Gasteiger partial charge in [0.15, 0.2) is 0 Å². The summed E-state index contributed by atoms with van der Waals surface area (Å²) >= 11 is 5.22. The van der Waals surface area contributed by atoms with Crippen LogP contribution in [0.1, 0.15) is 37.5 Å². The molecule has 1 saturated heterocycles. The molecule has 2 N–H and O–H groups in total. The quantitative estimate of drug-likeness (QED) is 0.876. The predicted molar refractivity (Wildman–Crippen MR) is 87.9 cm³/mol. The minimum atomic E-state index is 0.254. The molecule has 3 nitrogen and oxygen atoms in total. The first-order valence-corrected chi connectivity index (χ1v) is 8.95. The third-order valence-corrected chi connectivity index (χ3v) is 5.76. The second kappa shape index (κ2) is 7.57. The lowest BCUT2D eigenvalue weighted by molar-refractivity contribution is -0.132. The number of likely N-dealkylation sites (tertiary alicyclic amines) is 1. The number of piperidine rings is 1. The van der Waals surface area contributed by atoms with Crippen LogP contribution < -0.4 is 5.73 Å². The number of rotatable bonds is 5. The molecule has 0 saturated carbocycles. The van der Waals surface area contributed by atoms with Crippen LogP contribution in [0.5, 0.6) is 0 Å². The van der Waals surface area contributed by atoms with Gasteiger partial charge in [0, 0.05) is 30.4 Å². The Hall–Kier alpha value is -0.390. The van der Waals surface area contributed by atoms with Crippen molar-refractivity contribution in [1.82, 2.24) is 4.90 Å². The third kappa shape index (κ3) is 4.57. The monoisotopic (exact) mass is 358 g/mol. The first-order valence-electron chi connectivity index (χ1n) is 7.34. The molecule has 0 spiro atoms. The molecule has 1 fully saturated rings. The van der Waals surface area contributed by atoms with Gasteiger partial charge in [-0.25, -0.2) is 0 Å². The number of carbonyl (C=O) groups is 1. The van der Waals surface area contributed by atoms with Crippen LogP contribution >= 0.6 is 27.3 Å². The summed E-state index contributed by atoms with van der Waals surface area (Å²) in [6, 6.07) is 4.46. The summed E-state index contributed by atoms with van der Waals surface area (Å²) < 4.78 is 1.16. The summed E-state index contributed by atoms with van der Waals surface area (Å²) in [7, 11) is 0. The molecular weight excluding hydrogens is 336 g/mol. The third-order valence-electron chi connectivity index (χ3n) is 4.08. The lowest BCUT2D eigenvalue weighted by Gasteiger charge is -2.33. The highest BCUT2D eigenvalue weighted by Gasteiger charge is 2.24. The van der Waals surface area contributed by atoms with Gasteiger partial charge < -0.3 is 10.6 Å². The van der Waals surface area contributed by atoms with Gasteiger partial charge in [-0.15, -0.1) is 11.3 Å². The fourth-order valence-corrected chi connectivity index (χ4v) is 4.26. The fraction of sp³-hybridized carbons (Fsp3) is 0.667. The van der Waals surface area contributed by atoms with Crippen LogP contribution in [0, 0.1) is 5.92 Å². The summed E-state index contributed by atoms with van der Waals surface area (Å²) in [6.45, 7) is 3.84. The average molecular weight is 359 g/mol. The zero-order valence-electron chi connectivity index (χ0n) is 12.0. The summed E-state index contributed by atoms with van der Waals surface area (Å²) in [6.07, 6.45) is 4.72. The van der Waals surface area contributed by atoms with Gasteiger partial charge in [-0.3, -0.25) is 4.79 Å². The van der Waals surface area contributed by atoms with Crippen molar-refractivity contribution in [2.75, 3.05) is 13.1 Å². The Morgan fingerprint density at radius 1 is 1.50 bits per heavy atom. The van der Waals surface area contributed by atoms with Crippen LogP contribution in [0.25, 0.3) is 0 Å². The SMILES string of the molecule is CC(N)C1CCN(C(=O)CCCc2ccc(Br)s2)CC1. The lowest BCUT2D eigenvalue weighted by Crippen LogP contribution is -2.42. The molecular formula is C15H23BrN2OS. The minimum Gasteiger partial charge on any atom is -0.343 e. The number of nitrogens with zero attached hydrogens (tertiary/aromatic N) is 1. The number of nitrogens with two attached hydrogens (primary N) is 1. The van der Waals surface area contributed by atoms with Crippen molar-refractivity contribution in [3.8, 4) is 0 Å². The number of halogens is 1. The highest BCUT2D eigenvalue weighted by Crippen LogP contribution is 2.24. The van der Waals surface area contributed by atoms with E-state index in [0.717, 1.165) is 42.6 Å². The Morgan fingerprint density at radius 3 is 2.75 bits per heavy atom. The van der Waals surface area contributed by atoms with E-state index in [1.807, 2.05) is 4.90 Å². The molecule has 2 rings (SSSR count). The van der Waals surface area contributed by atoms with Gasteiger partial charge >= 0.3 is 0 Å². The van der Waals surface area contributed by atoms with Crippen molar-refractivity contribution in [2.45, 2.75) is 45.1 Å². The standard InChI is InChI=1S/C15H23BrN2OS/c1-11(17)12-7-9-18(10-8-12)15(19)4-2-3-13-5-6-14(16)20-13/h5-6,11-12H,2-4,7-10,17H2,1H3. The molecule has 1 aromatic heterocycles. The van der Waals surface area contributed by atoms with Crippen molar-refractivity contribution < 1.29 is 4.79 Å². The molecule has 112 valence electrons. The van der Waals surface area contributed by atoms with Gasteiger partial charge in [0.05, 0.1) is 3.79 Å². The van der Waals surface area contributed by atoms with E-state index >= 15 is 0 Å². The van der Waals surface area contributed by atoms with Crippen LogP contribution in [-0.4, -0.2) is 29.9 Å². The molecule has 0 radical (unpaired) electrons. The molecule has 1 aliphatic rings. The lowest BCUT2D eigenvalue weighted by atomic mass is 9.91. The Kier molecular flexibility index (Phi) is 6.05. The second-order valence-electron chi connectivity index (χ2n) is 5.64. The van der Waals surface area contributed by atoms with Gasteiger partial charge in [-0.1, -0.05) is 0 Å². The van der Waals surface area contributed by atoms with Crippen LogP contribution in [0.4, 0.5) is 0 Å². The van der Waals surface area contributed by atoms with Crippen molar-refractivity contribution in [3.63, 3.8) is 0 Å². The van der Waals surface area contributed by atoms with Crippen molar-refractivity contribution in [3.05, 3.63) is 20.8 Å². The van der Waals surface area contributed by atoms with E-state index < -0.39 is 0 Å². The molecule has 1 aromatic rings. The summed E-state index contributed by atoms with van der Waals surface area (Å²) in [4.78, 5) is 15.5. The Morgan fingerprint density at radius 2 is 2.20 bits per heavy atom. The normalized spacial score (nSPS) is 18.2. The van der Waals surface area contributed by atoms with E-state index in [0.29, 0.717) is 18.2 Å². The molecule has 1 amide bonds. The second-order valence-corrected chi connectivity index (χ2v) is 8.18. The highest BCUT2D eigenvalue weighted by atomic mass is 79.9. The number of amides is 1. The molecule has 1 aliphatic heterocycles.